The van der Waals surface area contributed by atoms with Crippen molar-refractivity contribution >= 4 is 16.9 Å². The van der Waals surface area contributed by atoms with E-state index in [1.54, 1.807) is 10.9 Å². The Bertz CT molecular complexity index is 1180. The molecule has 0 radical (unpaired) electrons. The molecule has 0 bridgehead atoms. The molecule has 8 heteroatoms. The first-order valence-electron chi connectivity index (χ1n) is 9.59. The first kappa shape index (κ1) is 17.8. The number of fused-ring (bicyclic) bond motifs is 1. The number of benzene rings is 1. The van der Waals surface area contributed by atoms with Crippen molar-refractivity contribution in [1.82, 2.24) is 24.7 Å². The number of aromatic nitrogens is 5. The van der Waals surface area contributed by atoms with Crippen molar-refractivity contribution in [2.24, 2.45) is 7.05 Å². The molecule has 29 heavy (non-hydrogen) atoms. The van der Waals surface area contributed by atoms with Gasteiger partial charge in [-0.15, -0.1) is 0 Å². The van der Waals surface area contributed by atoms with E-state index in [9.17, 15) is 4.39 Å². The van der Waals surface area contributed by atoms with Crippen molar-refractivity contribution in [2.75, 3.05) is 24.7 Å². The number of ether oxygens (including phenoxy) is 1. The van der Waals surface area contributed by atoms with Crippen molar-refractivity contribution in [3.05, 3.63) is 48.5 Å². The van der Waals surface area contributed by atoms with E-state index >= 15 is 0 Å². The summed E-state index contributed by atoms with van der Waals surface area (Å²) in [5.41, 5.74) is 3.76. The number of H-pyrrole nitrogens is 1. The largest absolute Gasteiger partial charge is 0.377 e. The van der Waals surface area contributed by atoms with Gasteiger partial charge in [-0.2, -0.15) is 5.10 Å². The predicted octanol–water partition coefficient (Wildman–Crippen LogP) is 3.39. The minimum Gasteiger partial charge on any atom is -0.377 e. The van der Waals surface area contributed by atoms with E-state index in [0.29, 0.717) is 31.4 Å². The summed E-state index contributed by atoms with van der Waals surface area (Å²) in [6.07, 6.45) is 3.54. The molecular weight excluding hydrogens is 371 g/mol. The predicted molar refractivity (Wildman–Crippen MR) is 109 cm³/mol. The van der Waals surface area contributed by atoms with Crippen LogP contribution in [0.5, 0.6) is 0 Å². The molecule has 0 saturated carbocycles. The summed E-state index contributed by atoms with van der Waals surface area (Å²) in [6.45, 7) is 4.04. The molecule has 4 aromatic rings. The Labute approximate surface area is 167 Å². The Kier molecular flexibility index (Phi) is 4.28. The second-order valence-corrected chi connectivity index (χ2v) is 7.29. The van der Waals surface area contributed by atoms with E-state index in [2.05, 4.69) is 21.9 Å². The Morgan fingerprint density at radius 3 is 2.83 bits per heavy atom. The minimum atomic E-state index is -0.308. The second kappa shape index (κ2) is 6.97. The van der Waals surface area contributed by atoms with Gasteiger partial charge in [0.05, 0.1) is 36.3 Å². The highest BCUT2D eigenvalue weighted by molar-refractivity contribution is 5.94. The molecule has 1 atom stereocenters. The molecule has 1 aromatic carbocycles. The third-order valence-electron chi connectivity index (χ3n) is 5.33. The maximum Gasteiger partial charge on any atom is 0.226 e. The molecule has 148 valence electrons. The van der Waals surface area contributed by atoms with Crippen LogP contribution in [0.25, 0.3) is 33.5 Å². The lowest BCUT2D eigenvalue weighted by molar-refractivity contribution is 0.0981. The number of nitrogens with zero attached hydrogens (tertiary/aromatic N) is 5. The smallest absolute Gasteiger partial charge is 0.226 e. The third kappa shape index (κ3) is 3.15. The molecule has 1 N–H and O–H groups in total. The minimum absolute atomic E-state index is 0.151. The number of morpholine rings is 1. The van der Waals surface area contributed by atoms with Gasteiger partial charge in [-0.25, -0.2) is 14.4 Å². The monoisotopic (exact) mass is 392 g/mol. The first-order chi connectivity index (χ1) is 14.1. The van der Waals surface area contributed by atoms with Crippen molar-refractivity contribution in [3.8, 4) is 22.6 Å². The molecule has 0 amide bonds. The quantitative estimate of drug-likeness (QED) is 0.579. The molecule has 1 aliphatic rings. The van der Waals surface area contributed by atoms with Crippen LogP contribution in [0, 0.1) is 5.82 Å². The van der Waals surface area contributed by atoms with Crippen LogP contribution in [0.3, 0.4) is 0 Å². The molecule has 4 heterocycles. The number of hydrogen-bond acceptors (Lipinski definition) is 5. The fourth-order valence-corrected chi connectivity index (χ4v) is 3.83. The highest BCUT2D eigenvalue weighted by Gasteiger charge is 2.24. The summed E-state index contributed by atoms with van der Waals surface area (Å²) in [4.78, 5) is 14.9. The number of aryl methyl sites for hydroxylation is 1. The lowest BCUT2D eigenvalue weighted by Gasteiger charge is -2.33. The van der Waals surface area contributed by atoms with Crippen LogP contribution in [0.2, 0.25) is 0 Å². The van der Waals surface area contributed by atoms with E-state index in [0.717, 1.165) is 27.9 Å². The first-order valence-corrected chi connectivity index (χ1v) is 9.59. The summed E-state index contributed by atoms with van der Waals surface area (Å²) in [5.74, 6) is 0.305. The molecule has 1 saturated heterocycles. The highest BCUT2D eigenvalue weighted by Crippen LogP contribution is 2.32. The Hall–Kier alpha value is -3.26. The molecule has 0 spiro atoms. The highest BCUT2D eigenvalue weighted by atomic mass is 19.1. The summed E-state index contributed by atoms with van der Waals surface area (Å²) in [6, 6.07) is 8.92. The van der Waals surface area contributed by atoms with E-state index in [-0.39, 0.29) is 11.9 Å². The standard InChI is InChI=1S/C21H21FN6O/c1-13-12-29-8-7-28(13)21-25-18(11-19(26-21)20-4-6-24-27(20)2)16-9-14(22)10-17-15(16)3-5-23-17/h3-6,9-11,13,23H,7-8,12H2,1-2H3/t13-/m1/s1. The molecule has 0 unspecified atom stereocenters. The van der Waals surface area contributed by atoms with E-state index in [4.69, 9.17) is 14.7 Å². The van der Waals surface area contributed by atoms with Crippen LogP contribution in [0.1, 0.15) is 6.92 Å². The SMILES string of the molecule is C[C@@H]1COCCN1c1nc(-c2cc(F)cc3[nH]ccc23)cc(-c2ccnn2C)n1. The van der Waals surface area contributed by atoms with Crippen LogP contribution in [-0.2, 0) is 11.8 Å². The normalized spacial score (nSPS) is 17.2. The van der Waals surface area contributed by atoms with Crippen LogP contribution >= 0.6 is 0 Å². The van der Waals surface area contributed by atoms with Crippen molar-refractivity contribution < 1.29 is 9.13 Å². The number of nitrogens with one attached hydrogen (secondary N) is 1. The van der Waals surface area contributed by atoms with Gasteiger partial charge in [0.15, 0.2) is 0 Å². The molecule has 0 aliphatic carbocycles. The van der Waals surface area contributed by atoms with E-state index < -0.39 is 0 Å². The lowest BCUT2D eigenvalue weighted by Crippen LogP contribution is -2.44. The van der Waals surface area contributed by atoms with Gasteiger partial charge in [0.25, 0.3) is 0 Å². The van der Waals surface area contributed by atoms with E-state index in [1.165, 1.54) is 12.1 Å². The second-order valence-electron chi connectivity index (χ2n) is 7.29. The van der Waals surface area contributed by atoms with Gasteiger partial charge in [0.2, 0.25) is 5.95 Å². The molecule has 3 aromatic heterocycles. The molecule has 1 fully saturated rings. The van der Waals surface area contributed by atoms with Gasteiger partial charge < -0.3 is 14.6 Å². The number of halogens is 1. The fourth-order valence-electron chi connectivity index (χ4n) is 3.83. The zero-order chi connectivity index (χ0) is 20.0. The maximum absolute atomic E-state index is 14.3. The zero-order valence-corrected chi connectivity index (χ0v) is 16.3. The topological polar surface area (TPSA) is 71.9 Å². The van der Waals surface area contributed by atoms with Crippen LogP contribution < -0.4 is 4.90 Å². The Balaban J connectivity index is 1.73. The van der Waals surface area contributed by atoms with Crippen molar-refractivity contribution in [2.45, 2.75) is 13.0 Å². The van der Waals surface area contributed by atoms with Gasteiger partial charge in [-0.3, -0.25) is 4.68 Å². The third-order valence-corrected chi connectivity index (χ3v) is 5.33. The van der Waals surface area contributed by atoms with E-state index in [1.807, 2.05) is 31.4 Å². The summed E-state index contributed by atoms with van der Waals surface area (Å²) < 4.78 is 21.7. The molecular formula is C21H21FN6O. The zero-order valence-electron chi connectivity index (χ0n) is 16.3. The van der Waals surface area contributed by atoms with Gasteiger partial charge in [-0.05, 0) is 37.3 Å². The van der Waals surface area contributed by atoms with Crippen molar-refractivity contribution in [1.29, 1.82) is 0 Å². The average Bonchev–Trinajstić information content (AvgIpc) is 3.36. The lowest BCUT2D eigenvalue weighted by atomic mass is 10.1. The van der Waals surface area contributed by atoms with Crippen LogP contribution in [0.4, 0.5) is 10.3 Å². The number of aromatic amines is 1. The maximum atomic E-state index is 14.3. The number of rotatable bonds is 3. The van der Waals surface area contributed by atoms with Gasteiger partial charge >= 0.3 is 0 Å². The average molecular weight is 392 g/mol. The summed E-state index contributed by atoms with van der Waals surface area (Å²) in [5, 5.41) is 5.18. The summed E-state index contributed by atoms with van der Waals surface area (Å²) in [7, 11) is 1.88. The van der Waals surface area contributed by atoms with Crippen LogP contribution in [-0.4, -0.2) is 50.5 Å². The van der Waals surface area contributed by atoms with Crippen LogP contribution in [0.15, 0.2) is 42.7 Å². The Morgan fingerprint density at radius 2 is 2.03 bits per heavy atom. The number of anilines is 1. The fraction of sp³-hybridized carbons (Fsp3) is 0.286. The van der Waals surface area contributed by atoms with Gasteiger partial charge in [0.1, 0.15) is 5.82 Å². The summed E-state index contributed by atoms with van der Waals surface area (Å²) >= 11 is 0. The molecule has 7 nitrogen and oxygen atoms in total. The van der Waals surface area contributed by atoms with Gasteiger partial charge in [-0.1, -0.05) is 0 Å². The van der Waals surface area contributed by atoms with Crippen molar-refractivity contribution in [3.63, 3.8) is 0 Å². The van der Waals surface area contributed by atoms with Gasteiger partial charge in [0, 0.05) is 42.5 Å². The molecule has 1 aliphatic heterocycles. The number of hydrogen-bond donors (Lipinski definition) is 1. The molecule has 5 rings (SSSR count). The Morgan fingerprint density at radius 1 is 1.17 bits per heavy atom.